The molecule has 10 heteroatoms. The van der Waals surface area contributed by atoms with Crippen molar-refractivity contribution in [1.82, 2.24) is 20.6 Å². The van der Waals surface area contributed by atoms with Gasteiger partial charge in [0.25, 0.3) is 0 Å². The number of nitrogens with one attached hydrogen (secondary N) is 3. The first-order valence-corrected chi connectivity index (χ1v) is 10.3. The molecule has 1 fully saturated rings. The molecule has 2 heterocycles. The zero-order valence-corrected chi connectivity index (χ0v) is 18.0. The molecule has 31 heavy (non-hydrogen) atoms. The van der Waals surface area contributed by atoms with Gasteiger partial charge in [0, 0.05) is 42.2 Å². The number of carbonyl (C=O) groups excluding carboxylic acids is 1. The molecule has 168 valence electrons. The Kier molecular flexibility index (Phi) is 6.91. The van der Waals surface area contributed by atoms with Gasteiger partial charge < -0.3 is 31.5 Å². The predicted molar refractivity (Wildman–Crippen MR) is 116 cm³/mol. The molecule has 0 aliphatic carbocycles. The lowest BCUT2D eigenvalue weighted by atomic mass is 9.96. The molecular formula is C21H29FN6O3. The maximum Gasteiger partial charge on any atom is 0.316 e. The molecule has 0 radical (unpaired) electrons. The number of aliphatic hydroxyl groups is 1. The number of benzene rings is 1. The van der Waals surface area contributed by atoms with Crippen LogP contribution in [-0.2, 0) is 10.3 Å². The highest BCUT2D eigenvalue weighted by molar-refractivity contribution is 5.80. The van der Waals surface area contributed by atoms with Crippen molar-refractivity contribution in [3.8, 4) is 11.1 Å². The SMILES string of the molecule is CCNC(=O)NCNc1c(N)cc(-c2cnc(C(C)(C)O)nc2)c(F)c1C1CCCO1. The number of nitrogens with zero attached hydrogens (tertiary/aromatic N) is 2. The van der Waals surface area contributed by atoms with Crippen molar-refractivity contribution in [2.45, 2.75) is 45.3 Å². The van der Waals surface area contributed by atoms with Gasteiger partial charge in [0.1, 0.15) is 11.4 Å². The van der Waals surface area contributed by atoms with Gasteiger partial charge in [-0.2, -0.15) is 0 Å². The molecular weight excluding hydrogens is 403 g/mol. The van der Waals surface area contributed by atoms with E-state index in [0.717, 1.165) is 6.42 Å². The summed E-state index contributed by atoms with van der Waals surface area (Å²) in [6.45, 7) is 6.06. The summed E-state index contributed by atoms with van der Waals surface area (Å²) in [5, 5.41) is 18.3. The van der Waals surface area contributed by atoms with E-state index in [-0.39, 0.29) is 24.1 Å². The number of rotatable bonds is 7. The minimum Gasteiger partial charge on any atom is -0.397 e. The largest absolute Gasteiger partial charge is 0.397 e. The van der Waals surface area contributed by atoms with Crippen molar-refractivity contribution in [1.29, 1.82) is 0 Å². The van der Waals surface area contributed by atoms with Gasteiger partial charge in [-0.25, -0.2) is 19.2 Å². The maximum absolute atomic E-state index is 15.7. The van der Waals surface area contributed by atoms with Crippen LogP contribution in [0.5, 0.6) is 0 Å². The molecule has 1 aliphatic rings. The maximum atomic E-state index is 15.7. The second kappa shape index (κ2) is 9.44. The van der Waals surface area contributed by atoms with Gasteiger partial charge in [-0.15, -0.1) is 0 Å². The molecule has 6 N–H and O–H groups in total. The summed E-state index contributed by atoms with van der Waals surface area (Å²) in [4.78, 5) is 20.0. The normalized spacial score (nSPS) is 16.2. The lowest BCUT2D eigenvalue weighted by Gasteiger charge is -2.22. The van der Waals surface area contributed by atoms with Gasteiger partial charge in [0.15, 0.2) is 5.82 Å². The smallest absolute Gasteiger partial charge is 0.316 e. The molecule has 2 amide bonds. The highest BCUT2D eigenvalue weighted by Crippen LogP contribution is 2.42. The van der Waals surface area contributed by atoms with Crippen LogP contribution in [0.25, 0.3) is 11.1 Å². The van der Waals surface area contributed by atoms with Crippen LogP contribution in [0.1, 0.15) is 51.1 Å². The lowest BCUT2D eigenvalue weighted by molar-refractivity contribution is 0.0687. The van der Waals surface area contributed by atoms with Gasteiger partial charge in [-0.1, -0.05) is 0 Å². The molecule has 1 saturated heterocycles. The van der Waals surface area contributed by atoms with Crippen LogP contribution < -0.4 is 21.7 Å². The average Bonchev–Trinajstić information content (AvgIpc) is 3.24. The molecule has 0 spiro atoms. The molecule has 1 aromatic heterocycles. The Balaban J connectivity index is 1.96. The summed E-state index contributed by atoms with van der Waals surface area (Å²) >= 11 is 0. The van der Waals surface area contributed by atoms with Crippen molar-refractivity contribution in [2.24, 2.45) is 0 Å². The van der Waals surface area contributed by atoms with Crippen molar-refractivity contribution in [3.05, 3.63) is 35.7 Å². The van der Waals surface area contributed by atoms with Crippen LogP contribution in [0, 0.1) is 5.82 Å². The summed E-state index contributed by atoms with van der Waals surface area (Å²) in [5.41, 5.74) is 6.76. The van der Waals surface area contributed by atoms with E-state index in [4.69, 9.17) is 10.5 Å². The van der Waals surface area contributed by atoms with Crippen molar-refractivity contribution in [2.75, 3.05) is 30.9 Å². The second-order valence-corrected chi connectivity index (χ2v) is 7.86. The Morgan fingerprint density at radius 2 is 2.06 bits per heavy atom. The van der Waals surface area contributed by atoms with E-state index in [1.165, 1.54) is 18.5 Å². The van der Waals surface area contributed by atoms with Crippen LogP contribution >= 0.6 is 0 Å². The van der Waals surface area contributed by atoms with E-state index in [1.54, 1.807) is 13.8 Å². The number of hydrogen-bond donors (Lipinski definition) is 5. The molecule has 9 nitrogen and oxygen atoms in total. The topological polar surface area (TPSA) is 134 Å². The van der Waals surface area contributed by atoms with E-state index in [9.17, 15) is 9.90 Å². The molecule has 0 saturated carbocycles. The summed E-state index contributed by atoms with van der Waals surface area (Å²) in [6, 6.07) is 1.17. The number of carbonyl (C=O) groups is 1. The first-order chi connectivity index (χ1) is 14.7. The first-order valence-electron chi connectivity index (χ1n) is 10.3. The first kappa shape index (κ1) is 22.7. The molecule has 1 unspecified atom stereocenters. The Hall–Kier alpha value is -2.98. The van der Waals surface area contributed by atoms with E-state index in [1.807, 2.05) is 6.92 Å². The monoisotopic (exact) mass is 432 g/mol. The van der Waals surface area contributed by atoms with E-state index >= 15 is 4.39 Å². The number of aromatic nitrogens is 2. The van der Waals surface area contributed by atoms with Gasteiger partial charge in [-0.3, -0.25) is 0 Å². The number of nitrogens with two attached hydrogens (primary N) is 1. The number of urea groups is 1. The molecule has 3 rings (SSSR count). The number of amides is 2. The van der Waals surface area contributed by atoms with Crippen molar-refractivity contribution in [3.63, 3.8) is 0 Å². The molecule has 2 aromatic rings. The van der Waals surface area contributed by atoms with Crippen LogP contribution in [0.2, 0.25) is 0 Å². The highest BCUT2D eigenvalue weighted by Gasteiger charge is 2.28. The van der Waals surface area contributed by atoms with Gasteiger partial charge in [0.2, 0.25) is 0 Å². The summed E-state index contributed by atoms with van der Waals surface area (Å²) in [5.74, 6) is -0.250. The molecule has 0 bridgehead atoms. The lowest BCUT2D eigenvalue weighted by Crippen LogP contribution is -2.38. The molecule has 1 atom stereocenters. The third-order valence-electron chi connectivity index (χ3n) is 4.94. The minimum absolute atomic E-state index is 0.0674. The van der Waals surface area contributed by atoms with Crippen LogP contribution in [-0.4, -0.2) is 40.9 Å². The number of ether oxygens (including phenoxy) is 1. The summed E-state index contributed by atoms with van der Waals surface area (Å²) < 4.78 is 21.4. The number of halogens is 1. The van der Waals surface area contributed by atoms with Gasteiger partial charge >= 0.3 is 6.03 Å². The van der Waals surface area contributed by atoms with Gasteiger partial charge in [-0.05, 0) is 39.7 Å². The average molecular weight is 433 g/mol. The fourth-order valence-corrected chi connectivity index (χ4v) is 3.44. The highest BCUT2D eigenvalue weighted by atomic mass is 19.1. The zero-order chi connectivity index (χ0) is 22.6. The fourth-order valence-electron chi connectivity index (χ4n) is 3.44. The number of hydrogen-bond acceptors (Lipinski definition) is 7. The predicted octanol–water partition coefficient (Wildman–Crippen LogP) is 2.63. The Labute approximate surface area is 180 Å². The molecule has 1 aliphatic heterocycles. The molecule has 1 aromatic carbocycles. The third kappa shape index (κ3) is 5.20. The zero-order valence-electron chi connectivity index (χ0n) is 18.0. The van der Waals surface area contributed by atoms with Crippen molar-refractivity contribution >= 4 is 17.4 Å². The van der Waals surface area contributed by atoms with E-state index in [2.05, 4.69) is 25.9 Å². The minimum atomic E-state index is -1.20. The van der Waals surface area contributed by atoms with E-state index < -0.39 is 17.5 Å². The Morgan fingerprint density at radius 3 is 2.65 bits per heavy atom. The fraction of sp³-hybridized carbons (Fsp3) is 0.476. The Bertz CT molecular complexity index is 924. The third-order valence-corrected chi connectivity index (χ3v) is 4.94. The number of anilines is 2. The second-order valence-electron chi connectivity index (χ2n) is 7.86. The van der Waals surface area contributed by atoms with Crippen LogP contribution in [0.4, 0.5) is 20.6 Å². The summed E-state index contributed by atoms with van der Waals surface area (Å²) in [7, 11) is 0. The standard InChI is InChI=1S/C21H29FN6O3/c1-4-24-20(29)28-11-27-18-14(23)8-13(17(22)16(18)15-6-5-7-31-15)12-9-25-19(26-10-12)21(2,3)30/h8-10,15,27,30H,4-7,11,23H2,1-3H3,(H2,24,28,29). The Morgan fingerprint density at radius 1 is 1.35 bits per heavy atom. The van der Waals surface area contributed by atoms with Crippen molar-refractivity contribution < 1.29 is 19.0 Å². The quantitative estimate of drug-likeness (QED) is 0.335. The van der Waals surface area contributed by atoms with Crippen LogP contribution in [0.3, 0.4) is 0 Å². The van der Waals surface area contributed by atoms with Crippen LogP contribution in [0.15, 0.2) is 18.5 Å². The summed E-state index contributed by atoms with van der Waals surface area (Å²) in [6.07, 6.45) is 3.94. The van der Waals surface area contributed by atoms with Gasteiger partial charge in [0.05, 0.1) is 24.1 Å². The van der Waals surface area contributed by atoms with E-state index in [0.29, 0.717) is 42.1 Å². The number of nitrogen functional groups attached to an aromatic ring is 1.